The van der Waals surface area contributed by atoms with Crippen LogP contribution < -0.4 is 21.4 Å². The van der Waals surface area contributed by atoms with Crippen LogP contribution in [0.2, 0.25) is 0 Å². The first kappa shape index (κ1) is 42.5. The molecule has 0 spiro atoms. The van der Waals surface area contributed by atoms with E-state index in [1.54, 1.807) is 17.7 Å². The number of hydrogen-bond donors (Lipinski definition) is 4. The molecule has 56 heavy (non-hydrogen) atoms. The fourth-order valence-corrected chi connectivity index (χ4v) is 7.36. The number of piperidine rings is 1. The number of likely N-dealkylation sites (tertiary alicyclic amines) is 1. The predicted molar refractivity (Wildman–Crippen MR) is 213 cm³/mol. The molecule has 2 aromatic carbocycles. The molecule has 1 aliphatic carbocycles. The number of aromatic nitrogens is 2. The molecule has 16 heteroatoms. The maximum absolute atomic E-state index is 15.6. The number of benzene rings is 2. The van der Waals surface area contributed by atoms with Gasteiger partial charge >= 0.3 is 0 Å². The number of nitrogens with one attached hydrogen (secondary N) is 4. The lowest BCUT2D eigenvalue weighted by Crippen LogP contribution is -2.43. The molecular formula is C40H51BrF2N8O5. The number of imidazole rings is 1. The molecule has 2 aliphatic rings. The van der Waals surface area contributed by atoms with E-state index in [0.29, 0.717) is 15.9 Å². The van der Waals surface area contributed by atoms with Crippen LogP contribution in [0, 0.1) is 29.4 Å². The zero-order valence-electron chi connectivity index (χ0n) is 32.5. The summed E-state index contributed by atoms with van der Waals surface area (Å²) in [6.45, 7) is 9.09. The Hall–Kier alpha value is -4.67. The number of allylic oxidation sites excluding steroid dienone is 3. The lowest BCUT2D eigenvalue weighted by atomic mass is 9.91. The van der Waals surface area contributed by atoms with Gasteiger partial charge in [-0.2, -0.15) is 0 Å². The smallest absolute Gasteiger partial charge is 0.277 e. The molecule has 2 atom stereocenters. The lowest BCUT2D eigenvalue weighted by molar-refractivity contribution is -0.131. The first-order valence-corrected chi connectivity index (χ1v) is 19.7. The minimum Gasteiger partial charge on any atom is -0.378 e. The highest BCUT2D eigenvalue weighted by Crippen LogP contribution is 2.32. The summed E-state index contributed by atoms with van der Waals surface area (Å²) in [5.74, 6) is -2.87. The second-order valence-electron chi connectivity index (χ2n) is 14.7. The molecule has 3 aromatic rings. The summed E-state index contributed by atoms with van der Waals surface area (Å²) in [5, 5.41) is 7.96. The van der Waals surface area contributed by atoms with Crippen molar-refractivity contribution in [2.75, 3.05) is 51.7 Å². The van der Waals surface area contributed by atoms with Crippen molar-refractivity contribution in [1.82, 2.24) is 35.5 Å². The average Bonchev–Trinajstić information content (AvgIpc) is 3.55. The van der Waals surface area contributed by atoms with Gasteiger partial charge in [0.05, 0.1) is 41.3 Å². The van der Waals surface area contributed by atoms with E-state index in [1.807, 2.05) is 13.0 Å². The highest BCUT2D eigenvalue weighted by molar-refractivity contribution is 9.10. The summed E-state index contributed by atoms with van der Waals surface area (Å²) < 4.78 is 32.3. The summed E-state index contributed by atoms with van der Waals surface area (Å²) in [6, 6.07) is 5.68. The lowest BCUT2D eigenvalue weighted by Gasteiger charge is -2.33. The Kier molecular flexibility index (Phi) is 14.8. The van der Waals surface area contributed by atoms with Gasteiger partial charge in [-0.25, -0.2) is 19.2 Å². The SMILES string of the molecule is CC(=O)NC(=O)C(C)C1=CC=C(N(C)CCC(C)CN2CCC(C(=O)NCCONC(=O)c3cc4c(ncn4C)c(F)c3Nc3ccc(Br)cc3F)CC2)CC1. The molecule has 1 saturated heterocycles. The molecule has 4 amide bonds. The molecule has 1 fully saturated rings. The van der Waals surface area contributed by atoms with Crippen LogP contribution in [-0.2, 0) is 26.3 Å². The van der Waals surface area contributed by atoms with Gasteiger partial charge in [-0.15, -0.1) is 0 Å². The maximum Gasteiger partial charge on any atom is 0.277 e. The fraction of sp³-hybridized carbons (Fsp3) is 0.475. The molecule has 2 heterocycles. The van der Waals surface area contributed by atoms with Crippen molar-refractivity contribution in [3.63, 3.8) is 0 Å². The second kappa shape index (κ2) is 19.5. The van der Waals surface area contributed by atoms with Crippen LogP contribution >= 0.6 is 15.9 Å². The Morgan fingerprint density at radius 3 is 2.52 bits per heavy atom. The van der Waals surface area contributed by atoms with Crippen LogP contribution in [0.5, 0.6) is 0 Å². The van der Waals surface area contributed by atoms with E-state index in [1.165, 1.54) is 37.1 Å². The van der Waals surface area contributed by atoms with Crippen molar-refractivity contribution in [2.24, 2.45) is 24.8 Å². The van der Waals surface area contributed by atoms with E-state index in [4.69, 9.17) is 4.84 Å². The first-order chi connectivity index (χ1) is 26.7. The monoisotopic (exact) mass is 840 g/mol. The molecule has 0 saturated carbocycles. The number of hydrogen-bond acceptors (Lipinski definition) is 9. The van der Waals surface area contributed by atoms with Crippen LogP contribution in [0.1, 0.15) is 63.2 Å². The van der Waals surface area contributed by atoms with Gasteiger partial charge in [-0.3, -0.25) is 29.3 Å². The Labute approximate surface area is 334 Å². The number of nitrogens with zero attached hydrogens (tertiary/aromatic N) is 4. The summed E-state index contributed by atoms with van der Waals surface area (Å²) in [5.41, 5.74) is 4.56. The zero-order chi connectivity index (χ0) is 40.5. The van der Waals surface area contributed by atoms with Crippen LogP contribution in [0.15, 0.2) is 58.5 Å². The van der Waals surface area contributed by atoms with Crippen molar-refractivity contribution < 1.29 is 32.8 Å². The summed E-state index contributed by atoms with van der Waals surface area (Å²) in [7, 11) is 3.76. The number of carbonyl (C=O) groups excluding carboxylic acids is 4. The Morgan fingerprint density at radius 2 is 1.84 bits per heavy atom. The Balaban J connectivity index is 1.01. The van der Waals surface area contributed by atoms with Gasteiger partial charge in [-0.05, 0) is 88.4 Å². The first-order valence-electron chi connectivity index (χ1n) is 18.9. The third-order valence-corrected chi connectivity index (χ3v) is 10.9. The number of hydroxylamine groups is 1. The van der Waals surface area contributed by atoms with Gasteiger partial charge in [0.1, 0.15) is 11.3 Å². The number of amides is 4. The minimum atomic E-state index is -0.815. The van der Waals surface area contributed by atoms with E-state index >= 15 is 4.39 Å². The second-order valence-corrected chi connectivity index (χ2v) is 15.6. The number of carbonyl (C=O) groups is 4. The van der Waals surface area contributed by atoms with Crippen LogP contribution in [0.3, 0.4) is 0 Å². The molecule has 2 unspecified atom stereocenters. The van der Waals surface area contributed by atoms with E-state index in [0.717, 1.165) is 63.9 Å². The number of halogens is 3. The normalized spacial score (nSPS) is 16.1. The quantitative estimate of drug-likeness (QED) is 0.105. The van der Waals surface area contributed by atoms with E-state index in [-0.39, 0.29) is 65.2 Å². The molecule has 1 aromatic heterocycles. The predicted octanol–water partition coefficient (Wildman–Crippen LogP) is 5.71. The van der Waals surface area contributed by atoms with Gasteiger partial charge in [0, 0.05) is 56.7 Å². The molecular weight excluding hydrogens is 790 g/mol. The van der Waals surface area contributed by atoms with Gasteiger partial charge in [0.25, 0.3) is 5.91 Å². The molecule has 0 radical (unpaired) electrons. The largest absolute Gasteiger partial charge is 0.378 e. The number of imide groups is 1. The number of aryl methyl sites for hydroxylation is 1. The van der Waals surface area contributed by atoms with E-state index < -0.39 is 17.5 Å². The van der Waals surface area contributed by atoms with Gasteiger partial charge < -0.3 is 25.0 Å². The molecule has 0 bridgehead atoms. The third-order valence-electron chi connectivity index (χ3n) is 10.4. The Morgan fingerprint density at radius 1 is 1.09 bits per heavy atom. The molecule has 4 N–H and O–H groups in total. The molecule has 13 nitrogen and oxygen atoms in total. The highest BCUT2D eigenvalue weighted by Gasteiger charge is 2.27. The highest BCUT2D eigenvalue weighted by atomic mass is 79.9. The molecule has 302 valence electrons. The Bertz CT molecular complexity index is 1990. The molecule has 5 rings (SSSR count). The van der Waals surface area contributed by atoms with Crippen molar-refractivity contribution >= 4 is 62.0 Å². The number of anilines is 2. The molecule has 1 aliphatic heterocycles. The standard InChI is InChI=1S/C40H51BrF2N8O5/c1-24(12-16-49(4)30-9-6-27(7-10-30)25(2)38(53)46-26(3)52)22-51-17-13-28(14-18-51)39(54)44-15-19-56-48-40(55)31-21-34-37(45-23-50(34)5)35(43)36(31)47-33-11-8-29(41)20-32(33)42/h6,8-9,11,20-21,23-25,28,47H,7,10,12-19,22H2,1-5H3,(H,44,54)(H,48,55)(H,46,52,53). The fourth-order valence-electron chi connectivity index (χ4n) is 7.03. The van der Waals surface area contributed by atoms with E-state index in [9.17, 15) is 23.6 Å². The van der Waals surface area contributed by atoms with Gasteiger partial charge in [0.2, 0.25) is 17.7 Å². The van der Waals surface area contributed by atoms with Crippen LogP contribution in [0.4, 0.5) is 20.2 Å². The van der Waals surface area contributed by atoms with Crippen molar-refractivity contribution in [2.45, 2.75) is 52.9 Å². The number of fused-ring (bicyclic) bond motifs is 1. The summed E-state index contributed by atoms with van der Waals surface area (Å²) in [6.07, 6.45) is 9.66. The zero-order valence-corrected chi connectivity index (χ0v) is 34.1. The van der Waals surface area contributed by atoms with Crippen LogP contribution in [-0.4, -0.2) is 89.4 Å². The van der Waals surface area contributed by atoms with Gasteiger partial charge in [0.15, 0.2) is 5.82 Å². The van der Waals surface area contributed by atoms with Crippen molar-refractivity contribution in [1.29, 1.82) is 0 Å². The van der Waals surface area contributed by atoms with Gasteiger partial charge in [-0.1, -0.05) is 34.5 Å². The summed E-state index contributed by atoms with van der Waals surface area (Å²) in [4.78, 5) is 63.7. The topological polar surface area (TPSA) is 150 Å². The van der Waals surface area contributed by atoms with Crippen LogP contribution in [0.25, 0.3) is 11.0 Å². The number of rotatable bonds is 16. The minimum absolute atomic E-state index is 0.0193. The van der Waals surface area contributed by atoms with Crippen molar-refractivity contribution in [3.8, 4) is 0 Å². The van der Waals surface area contributed by atoms with E-state index in [2.05, 4.69) is 72.2 Å². The average molecular weight is 842 g/mol. The maximum atomic E-state index is 15.6. The van der Waals surface area contributed by atoms with Crippen molar-refractivity contribution in [3.05, 3.63) is 75.7 Å². The summed E-state index contributed by atoms with van der Waals surface area (Å²) >= 11 is 3.20. The third kappa shape index (κ3) is 11.0.